The number of benzene rings is 1. The molecule has 1 fully saturated rings. The van der Waals surface area contributed by atoms with E-state index < -0.39 is 10.0 Å². The van der Waals surface area contributed by atoms with Gasteiger partial charge in [-0.05, 0) is 37.0 Å². The lowest BCUT2D eigenvalue weighted by Crippen LogP contribution is -2.38. The second-order valence-electron chi connectivity index (χ2n) is 4.61. The summed E-state index contributed by atoms with van der Waals surface area (Å²) in [5.41, 5.74) is 5.91. The third-order valence-electron chi connectivity index (χ3n) is 3.09. The van der Waals surface area contributed by atoms with Gasteiger partial charge in [-0.25, -0.2) is 13.1 Å². The molecule has 1 aliphatic carbocycles. The Hall–Kier alpha value is -1.13. The van der Waals surface area contributed by atoms with Gasteiger partial charge in [0.2, 0.25) is 10.0 Å². The van der Waals surface area contributed by atoms with Crippen molar-refractivity contribution < 1.29 is 8.42 Å². The van der Waals surface area contributed by atoms with E-state index >= 15 is 0 Å². The van der Waals surface area contributed by atoms with Crippen LogP contribution in [0.2, 0.25) is 5.02 Å². The maximum absolute atomic E-state index is 12.1. The van der Waals surface area contributed by atoms with Crippen LogP contribution in [0.4, 0.5) is 0 Å². The molecule has 0 amide bonds. The maximum atomic E-state index is 12.1. The van der Waals surface area contributed by atoms with Crippen molar-refractivity contribution in [3.8, 4) is 6.07 Å². The zero-order chi connectivity index (χ0) is 14.0. The first kappa shape index (κ1) is 14.3. The number of hydrogen-bond acceptors (Lipinski definition) is 4. The zero-order valence-electron chi connectivity index (χ0n) is 10.1. The average molecular weight is 300 g/mol. The normalized spacial score (nSPS) is 16.9. The van der Waals surface area contributed by atoms with Crippen molar-refractivity contribution in [2.75, 3.05) is 6.54 Å². The highest BCUT2D eigenvalue weighted by Crippen LogP contribution is 2.31. The Kier molecular flexibility index (Phi) is 4.11. The Bertz CT molecular complexity index is 620. The highest BCUT2D eigenvalue weighted by Gasteiger charge is 2.29. The summed E-state index contributed by atoms with van der Waals surface area (Å²) >= 11 is 5.78. The molecule has 19 heavy (non-hydrogen) atoms. The first-order valence-electron chi connectivity index (χ1n) is 5.89. The number of halogens is 1. The van der Waals surface area contributed by atoms with E-state index in [4.69, 9.17) is 22.6 Å². The van der Waals surface area contributed by atoms with E-state index in [1.807, 2.05) is 6.07 Å². The van der Waals surface area contributed by atoms with Crippen molar-refractivity contribution in [3.63, 3.8) is 0 Å². The number of nitrogens with one attached hydrogen (secondary N) is 1. The minimum Gasteiger partial charge on any atom is -0.326 e. The highest BCUT2D eigenvalue weighted by atomic mass is 35.5. The predicted octanol–water partition coefficient (Wildman–Crippen LogP) is 1.23. The van der Waals surface area contributed by atoms with Gasteiger partial charge in [-0.15, -0.1) is 0 Å². The van der Waals surface area contributed by atoms with E-state index in [0.29, 0.717) is 5.92 Å². The van der Waals surface area contributed by atoms with E-state index in [2.05, 4.69) is 4.72 Å². The molecule has 1 aliphatic rings. The second kappa shape index (κ2) is 5.47. The fraction of sp³-hybridized carbons (Fsp3) is 0.417. The molecular weight excluding hydrogens is 286 g/mol. The first-order valence-corrected chi connectivity index (χ1v) is 7.75. The molecule has 0 spiro atoms. The monoisotopic (exact) mass is 299 g/mol. The van der Waals surface area contributed by atoms with E-state index in [1.54, 1.807) is 0 Å². The summed E-state index contributed by atoms with van der Waals surface area (Å²) in [6, 6.07) is 5.80. The van der Waals surface area contributed by atoms with Crippen molar-refractivity contribution in [3.05, 3.63) is 28.8 Å². The van der Waals surface area contributed by atoms with Gasteiger partial charge >= 0.3 is 0 Å². The van der Waals surface area contributed by atoms with Gasteiger partial charge in [0.15, 0.2) is 0 Å². The van der Waals surface area contributed by atoms with Crippen molar-refractivity contribution in [1.82, 2.24) is 4.72 Å². The van der Waals surface area contributed by atoms with Gasteiger partial charge in [-0.2, -0.15) is 5.26 Å². The Morgan fingerprint density at radius 2 is 2.21 bits per heavy atom. The minimum absolute atomic E-state index is 0.0666. The molecule has 5 nitrogen and oxygen atoms in total. The molecule has 3 N–H and O–H groups in total. The zero-order valence-corrected chi connectivity index (χ0v) is 11.7. The Balaban J connectivity index is 2.19. The molecule has 1 unspecified atom stereocenters. The predicted molar refractivity (Wildman–Crippen MR) is 72.1 cm³/mol. The highest BCUT2D eigenvalue weighted by molar-refractivity contribution is 7.89. The Morgan fingerprint density at radius 1 is 1.53 bits per heavy atom. The van der Waals surface area contributed by atoms with Gasteiger partial charge in [0.1, 0.15) is 11.0 Å². The summed E-state index contributed by atoms with van der Waals surface area (Å²) in [7, 11) is -3.76. The molecule has 0 heterocycles. The fourth-order valence-electron chi connectivity index (χ4n) is 1.79. The van der Waals surface area contributed by atoms with E-state index in [-0.39, 0.29) is 28.1 Å². The molecular formula is C12H14ClN3O2S. The number of sulfonamides is 1. The summed E-state index contributed by atoms with van der Waals surface area (Å²) in [5.74, 6) is 0.400. The number of nitrogens with two attached hydrogens (primary N) is 1. The third-order valence-corrected chi connectivity index (χ3v) is 4.79. The number of nitriles is 1. The van der Waals surface area contributed by atoms with Crippen LogP contribution in [0.25, 0.3) is 0 Å². The minimum atomic E-state index is -3.76. The smallest absolute Gasteiger partial charge is 0.241 e. The van der Waals surface area contributed by atoms with Crippen LogP contribution in [0.1, 0.15) is 18.4 Å². The maximum Gasteiger partial charge on any atom is 0.241 e. The number of rotatable bonds is 5. The lowest BCUT2D eigenvalue weighted by molar-refractivity contribution is 0.547. The van der Waals surface area contributed by atoms with Gasteiger partial charge in [0.05, 0.1) is 5.56 Å². The van der Waals surface area contributed by atoms with E-state index in [9.17, 15) is 8.42 Å². The Morgan fingerprint density at radius 3 is 2.79 bits per heavy atom. The van der Waals surface area contributed by atoms with Crippen molar-refractivity contribution in [1.29, 1.82) is 5.26 Å². The third kappa shape index (κ3) is 3.45. The molecule has 7 heteroatoms. The summed E-state index contributed by atoms with van der Waals surface area (Å²) in [6.45, 7) is 0.171. The molecule has 1 saturated carbocycles. The first-order chi connectivity index (χ1) is 8.94. The molecule has 1 aromatic rings. The van der Waals surface area contributed by atoms with Crippen LogP contribution in [-0.4, -0.2) is 21.0 Å². The quantitative estimate of drug-likeness (QED) is 0.854. The van der Waals surface area contributed by atoms with Gasteiger partial charge in [0.25, 0.3) is 0 Å². The topological polar surface area (TPSA) is 96.0 Å². The van der Waals surface area contributed by atoms with E-state index in [0.717, 1.165) is 12.8 Å². The SMILES string of the molecule is N#Cc1ccc(Cl)cc1S(=O)(=O)NCC(N)C1CC1. The van der Waals surface area contributed by atoms with Crippen molar-refractivity contribution in [2.24, 2.45) is 11.7 Å². The summed E-state index contributed by atoms with van der Waals surface area (Å²) in [4.78, 5) is -0.106. The Labute approximate surface area is 117 Å². The standard InChI is InChI=1S/C12H14ClN3O2S/c13-10-4-3-9(6-14)12(5-10)19(17,18)16-7-11(15)8-1-2-8/h3-5,8,11,16H,1-2,7,15H2. The van der Waals surface area contributed by atoms with Gasteiger partial charge < -0.3 is 5.73 Å². The average Bonchev–Trinajstić information content (AvgIpc) is 3.20. The lowest BCUT2D eigenvalue weighted by atomic mass is 10.2. The molecule has 2 rings (SSSR count). The largest absolute Gasteiger partial charge is 0.326 e. The van der Waals surface area contributed by atoms with E-state index in [1.165, 1.54) is 18.2 Å². The molecule has 102 valence electrons. The van der Waals surface area contributed by atoms with Gasteiger partial charge in [0, 0.05) is 17.6 Å². The van der Waals surface area contributed by atoms with Gasteiger partial charge in [-0.1, -0.05) is 11.6 Å². The molecule has 0 radical (unpaired) electrons. The van der Waals surface area contributed by atoms with Crippen LogP contribution >= 0.6 is 11.6 Å². The molecule has 0 bridgehead atoms. The van der Waals surface area contributed by atoms with Gasteiger partial charge in [-0.3, -0.25) is 0 Å². The number of hydrogen-bond donors (Lipinski definition) is 2. The summed E-state index contributed by atoms with van der Waals surface area (Å²) in [6.07, 6.45) is 2.09. The summed E-state index contributed by atoms with van der Waals surface area (Å²) in [5, 5.41) is 9.21. The summed E-state index contributed by atoms with van der Waals surface area (Å²) < 4.78 is 26.7. The van der Waals surface area contributed by atoms with Crippen LogP contribution in [0, 0.1) is 17.2 Å². The van der Waals surface area contributed by atoms with Crippen LogP contribution in [-0.2, 0) is 10.0 Å². The molecule has 1 aromatic carbocycles. The van der Waals surface area contributed by atoms with Crippen LogP contribution < -0.4 is 10.5 Å². The fourth-order valence-corrected chi connectivity index (χ4v) is 3.28. The molecule has 1 atom stereocenters. The van der Waals surface area contributed by atoms with Crippen molar-refractivity contribution in [2.45, 2.75) is 23.8 Å². The van der Waals surface area contributed by atoms with Crippen molar-refractivity contribution >= 4 is 21.6 Å². The molecule has 0 saturated heterocycles. The molecule has 0 aromatic heterocycles. The second-order valence-corrected chi connectivity index (χ2v) is 6.78. The van der Waals surface area contributed by atoms with Crippen LogP contribution in [0.15, 0.2) is 23.1 Å². The molecule has 0 aliphatic heterocycles. The lowest BCUT2D eigenvalue weighted by Gasteiger charge is -2.13. The van der Waals surface area contributed by atoms with Crippen LogP contribution in [0.3, 0.4) is 0 Å². The van der Waals surface area contributed by atoms with Crippen LogP contribution in [0.5, 0.6) is 0 Å². The number of nitrogens with zero attached hydrogens (tertiary/aromatic N) is 1.